The molecule has 0 radical (unpaired) electrons. The highest BCUT2D eigenvalue weighted by atomic mass is 127. The van der Waals surface area contributed by atoms with Crippen molar-refractivity contribution < 1.29 is 8.83 Å². The van der Waals surface area contributed by atoms with E-state index >= 15 is 0 Å². The maximum Gasteiger partial charge on any atom is 0.166 e. The van der Waals surface area contributed by atoms with Crippen LogP contribution in [0.5, 0.6) is 0 Å². The predicted molar refractivity (Wildman–Crippen MR) is 120 cm³/mol. The van der Waals surface area contributed by atoms with Gasteiger partial charge in [0.2, 0.25) is 0 Å². The number of furan rings is 2. The van der Waals surface area contributed by atoms with Crippen LogP contribution in [0.3, 0.4) is 0 Å². The van der Waals surface area contributed by atoms with Gasteiger partial charge in [0.25, 0.3) is 0 Å². The minimum absolute atomic E-state index is 0.150. The predicted octanol–water partition coefficient (Wildman–Crippen LogP) is 6.84. The van der Waals surface area contributed by atoms with Gasteiger partial charge >= 0.3 is 0 Å². The zero-order valence-corrected chi connectivity index (χ0v) is 16.8. The Hall–Kier alpha value is -2.66. The van der Waals surface area contributed by atoms with E-state index in [9.17, 15) is 0 Å². The minimum atomic E-state index is -0.150. The van der Waals surface area contributed by atoms with Gasteiger partial charge in [-0.25, -0.2) is 0 Å². The Kier molecular flexibility index (Phi) is 3.23. The van der Waals surface area contributed by atoms with Gasteiger partial charge in [-0.05, 0) is 85.3 Å². The standard InChI is InChI=1S/C24H15IO2/c1-14-4-7-21-18(11-14)20-13-16(5-8-22(20)26-21)15-6-9-23-19(12-15)17-3-2-10-25-24(17)27-23/h2-13H,1H3. The van der Waals surface area contributed by atoms with Crippen LogP contribution in [-0.4, -0.2) is 0 Å². The normalized spacial score (nSPS) is 13.4. The van der Waals surface area contributed by atoms with E-state index < -0.39 is 0 Å². The van der Waals surface area contributed by atoms with Gasteiger partial charge in [0.1, 0.15) is 16.7 Å². The third-order valence-corrected chi connectivity index (χ3v) is 7.28. The molecule has 3 aromatic carbocycles. The summed E-state index contributed by atoms with van der Waals surface area (Å²) in [4.78, 5) is 0. The van der Waals surface area contributed by atoms with Crippen LogP contribution in [-0.2, 0) is 0 Å². The summed E-state index contributed by atoms with van der Waals surface area (Å²) in [6.45, 7) is 2.12. The van der Waals surface area contributed by atoms with Crippen molar-refractivity contribution in [3.05, 3.63) is 78.9 Å². The molecule has 27 heavy (non-hydrogen) atoms. The first-order valence-corrected chi connectivity index (χ1v) is 11.2. The molecule has 0 bridgehead atoms. The largest absolute Gasteiger partial charge is 0.456 e. The van der Waals surface area contributed by atoms with Crippen LogP contribution in [0, 0.1) is 10.3 Å². The fourth-order valence-corrected chi connectivity index (χ4v) is 5.71. The molecule has 0 unspecified atom stereocenters. The summed E-state index contributed by atoms with van der Waals surface area (Å²) in [5, 5.41) is 4.81. The number of fused-ring (bicyclic) bond motifs is 6. The molecule has 0 saturated carbocycles. The maximum atomic E-state index is 6.06. The van der Waals surface area contributed by atoms with Crippen molar-refractivity contribution in [1.82, 2.24) is 0 Å². The third-order valence-electron chi connectivity index (χ3n) is 5.14. The van der Waals surface area contributed by atoms with Crippen LogP contribution in [0.25, 0.3) is 50.1 Å². The summed E-state index contributed by atoms with van der Waals surface area (Å²) in [6, 6.07) is 19.3. The van der Waals surface area contributed by atoms with Gasteiger partial charge in [-0.15, -0.1) is 0 Å². The van der Waals surface area contributed by atoms with E-state index in [4.69, 9.17) is 8.83 Å². The smallest absolute Gasteiger partial charge is 0.166 e. The lowest BCUT2D eigenvalue weighted by Crippen LogP contribution is -1.97. The van der Waals surface area contributed by atoms with Crippen molar-refractivity contribution >= 4 is 59.7 Å². The van der Waals surface area contributed by atoms with Gasteiger partial charge in [0, 0.05) is 21.4 Å². The molecule has 3 heteroatoms. The molecule has 6 rings (SSSR count). The van der Waals surface area contributed by atoms with Gasteiger partial charge in [-0.3, -0.25) is 0 Å². The number of hydrogen-bond acceptors (Lipinski definition) is 2. The molecule has 0 fully saturated rings. The molecule has 5 aromatic rings. The number of aryl methyl sites for hydroxylation is 1. The SMILES string of the molecule is Cc1ccc2oc3ccc(-c4ccc5oc6c(c5c4)=CC=CI=6)cc3c2c1. The van der Waals surface area contributed by atoms with Gasteiger partial charge < -0.3 is 8.83 Å². The summed E-state index contributed by atoms with van der Waals surface area (Å²) >= 11 is -0.150. The van der Waals surface area contributed by atoms with E-state index in [0.29, 0.717) is 0 Å². The van der Waals surface area contributed by atoms with Crippen LogP contribution in [0.4, 0.5) is 0 Å². The van der Waals surface area contributed by atoms with Crippen molar-refractivity contribution in [2.75, 3.05) is 0 Å². The molecular weight excluding hydrogens is 447 g/mol. The molecule has 0 spiro atoms. The summed E-state index contributed by atoms with van der Waals surface area (Å²) in [7, 11) is 0. The molecule has 0 amide bonds. The molecule has 0 aliphatic carbocycles. The van der Waals surface area contributed by atoms with Crippen molar-refractivity contribution in [3.8, 4) is 11.1 Å². The topological polar surface area (TPSA) is 26.3 Å². The lowest BCUT2D eigenvalue weighted by molar-refractivity contribution is 0.599. The highest BCUT2D eigenvalue weighted by Gasteiger charge is 2.11. The third kappa shape index (κ3) is 2.34. The number of halogens is 1. The van der Waals surface area contributed by atoms with Crippen LogP contribution < -0.4 is 5.22 Å². The Morgan fingerprint density at radius 2 is 1.37 bits per heavy atom. The zero-order chi connectivity index (χ0) is 18.0. The van der Waals surface area contributed by atoms with Crippen LogP contribution in [0.2, 0.25) is 0 Å². The lowest BCUT2D eigenvalue weighted by Gasteiger charge is -2.02. The first-order chi connectivity index (χ1) is 13.3. The molecular formula is C24H15IO2. The second-order valence-electron chi connectivity index (χ2n) is 6.91. The highest BCUT2D eigenvalue weighted by Crippen LogP contribution is 2.33. The highest BCUT2D eigenvalue weighted by molar-refractivity contribution is 14.2. The molecule has 130 valence electrons. The molecule has 0 N–H and O–H groups in total. The molecule has 1 aliphatic heterocycles. The quantitative estimate of drug-likeness (QED) is 0.255. The van der Waals surface area contributed by atoms with Crippen LogP contribution >= 0.6 is 20.7 Å². The van der Waals surface area contributed by atoms with Crippen molar-refractivity contribution in [1.29, 1.82) is 0 Å². The molecule has 0 saturated heterocycles. The fraction of sp³-hybridized carbons (Fsp3) is 0.0417. The number of benzene rings is 3. The summed E-state index contributed by atoms with van der Waals surface area (Å²) < 4.78 is 15.5. The Morgan fingerprint density at radius 3 is 2.19 bits per heavy atom. The monoisotopic (exact) mass is 462 g/mol. The second-order valence-corrected chi connectivity index (χ2v) is 9.23. The van der Waals surface area contributed by atoms with Gasteiger partial charge in [-0.1, -0.05) is 29.8 Å². The average molecular weight is 462 g/mol. The van der Waals surface area contributed by atoms with E-state index in [1.807, 2.05) is 0 Å². The molecule has 0 atom stereocenters. The molecule has 1 aliphatic rings. The minimum Gasteiger partial charge on any atom is -0.456 e. The summed E-state index contributed by atoms with van der Waals surface area (Å²) in [5.41, 5.74) is 6.50. The molecule has 2 aromatic heterocycles. The first-order valence-electron chi connectivity index (χ1n) is 8.89. The van der Waals surface area contributed by atoms with Gasteiger partial charge in [0.15, 0.2) is 3.35 Å². The number of hydrogen-bond donors (Lipinski definition) is 0. The summed E-state index contributed by atoms with van der Waals surface area (Å²) in [5.74, 6) is 0. The van der Waals surface area contributed by atoms with Crippen molar-refractivity contribution in [2.24, 2.45) is 0 Å². The van der Waals surface area contributed by atoms with Crippen LogP contribution in [0.15, 0.2) is 73.6 Å². The van der Waals surface area contributed by atoms with E-state index in [-0.39, 0.29) is 20.7 Å². The first kappa shape index (κ1) is 15.4. The van der Waals surface area contributed by atoms with Crippen LogP contribution in [0.1, 0.15) is 5.56 Å². The zero-order valence-electron chi connectivity index (χ0n) is 14.6. The molecule has 3 heterocycles. The van der Waals surface area contributed by atoms with Gasteiger partial charge in [0.05, 0.1) is 0 Å². The Labute approximate surface area is 165 Å². The Bertz CT molecular complexity index is 1530. The summed E-state index contributed by atoms with van der Waals surface area (Å²) in [6.07, 6.45) is 4.33. The second kappa shape index (κ2) is 5.67. The average Bonchev–Trinajstić information content (AvgIpc) is 3.25. The Morgan fingerprint density at radius 1 is 0.704 bits per heavy atom. The number of allylic oxidation sites excluding steroid dienone is 1. The van der Waals surface area contributed by atoms with Crippen molar-refractivity contribution in [3.63, 3.8) is 0 Å². The van der Waals surface area contributed by atoms with E-state index in [1.54, 1.807) is 0 Å². The maximum absolute atomic E-state index is 6.06. The molecule has 2 nitrogen and oxygen atoms in total. The van der Waals surface area contributed by atoms with E-state index in [0.717, 1.165) is 20.1 Å². The fourth-order valence-electron chi connectivity index (χ4n) is 3.80. The Balaban J connectivity index is 1.61. The lowest BCUT2D eigenvalue weighted by atomic mass is 10.0. The number of rotatable bonds is 1. The van der Waals surface area contributed by atoms with E-state index in [2.05, 4.69) is 77.8 Å². The van der Waals surface area contributed by atoms with Crippen molar-refractivity contribution in [2.45, 2.75) is 6.92 Å². The van der Waals surface area contributed by atoms with Gasteiger partial charge in [-0.2, -0.15) is 0 Å². The van der Waals surface area contributed by atoms with E-state index in [1.165, 1.54) is 38.1 Å².